The van der Waals surface area contributed by atoms with E-state index in [1.54, 1.807) is 0 Å². The smallest absolute Gasteiger partial charge is 0.0833 e. The molecule has 1 aromatic rings. The third-order valence-corrected chi connectivity index (χ3v) is 4.57. The van der Waals surface area contributed by atoms with E-state index in [-0.39, 0.29) is 11.6 Å². The molecule has 1 aliphatic heterocycles. The van der Waals surface area contributed by atoms with Crippen molar-refractivity contribution in [3.8, 4) is 0 Å². The number of ether oxygens (including phenoxy) is 1. The Hall–Kier alpha value is -0.800. The molecule has 2 heterocycles. The van der Waals surface area contributed by atoms with Crippen molar-refractivity contribution in [3.63, 3.8) is 0 Å². The molecule has 18 heavy (non-hydrogen) atoms. The minimum absolute atomic E-state index is 0.0269. The quantitative estimate of drug-likeness (QED) is 0.874. The van der Waals surface area contributed by atoms with Gasteiger partial charge in [0.15, 0.2) is 0 Å². The Bertz CT molecular complexity index is 444. The summed E-state index contributed by atoms with van der Waals surface area (Å²) in [6.45, 7) is 6.34. The van der Waals surface area contributed by atoms with Crippen LogP contribution in [0.3, 0.4) is 0 Å². The van der Waals surface area contributed by atoms with Crippen LogP contribution in [0.15, 0.2) is 6.07 Å². The molecule has 1 fully saturated rings. The molecule has 1 aliphatic carbocycles. The highest BCUT2D eigenvalue weighted by Crippen LogP contribution is 2.34. The molecule has 0 radical (unpaired) electrons. The number of hydrogen-bond acceptors (Lipinski definition) is 2. The first-order chi connectivity index (χ1) is 8.59. The number of hydrogen-bond donors (Lipinski definition) is 1. The molecule has 0 saturated carbocycles. The van der Waals surface area contributed by atoms with Gasteiger partial charge in [0.25, 0.3) is 0 Å². The predicted molar refractivity (Wildman–Crippen MR) is 72.6 cm³/mol. The van der Waals surface area contributed by atoms with Gasteiger partial charge in [0.1, 0.15) is 0 Å². The van der Waals surface area contributed by atoms with E-state index in [1.165, 1.54) is 42.6 Å². The summed E-state index contributed by atoms with van der Waals surface area (Å²) in [6.07, 6.45) is 5.89. The number of aromatic nitrogens is 1. The Morgan fingerprint density at radius 3 is 3.06 bits per heavy atom. The highest BCUT2D eigenvalue weighted by atomic mass is 16.5. The summed E-state index contributed by atoms with van der Waals surface area (Å²) in [5.74, 6) is 0. The summed E-state index contributed by atoms with van der Waals surface area (Å²) < 4.78 is 8.39. The number of aryl methyl sites for hydroxylation is 1. The SMILES string of the molecule is Cc1cc2c(n1CC1(C)CCCO1)CCCC2N. The van der Waals surface area contributed by atoms with E-state index in [0.717, 1.165) is 19.6 Å². The Morgan fingerprint density at radius 2 is 2.33 bits per heavy atom. The molecular weight excluding hydrogens is 224 g/mol. The Balaban J connectivity index is 1.92. The standard InChI is InChI=1S/C15H24N2O/c1-11-9-12-13(16)5-3-6-14(12)17(11)10-15(2)7-4-8-18-15/h9,13H,3-8,10,16H2,1-2H3. The van der Waals surface area contributed by atoms with Gasteiger partial charge in [-0.2, -0.15) is 0 Å². The van der Waals surface area contributed by atoms with Crippen LogP contribution < -0.4 is 5.73 Å². The van der Waals surface area contributed by atoms with Crippen LogP contribution in [0.1, 0.15) is 55.6 Å². The van der Waals surface area contributed by atoms with Crippen LogP contribution in [0.2, 0.25) is 0 Å². The molecule has 0 aromatic carbocycles. The fraction of sp³-hybridized carbons (Fsp3) is 0.733. The zero-order valence-electron chi connectivity index (χ0n) is 11.5. The molecule has 2 aliphatic rings. The Labute approximate surface area is 109 Å². The highest BCUT2D eigenvalue weighted by Gasteiger charge is 2.32. The summed E-state index contributed by atoms with van der Waals surface area (Å²) in [5.41, 5.74) is 10.4. The Kier molecular flexibility index (Phi) is 2.99. The molecule has 3 rings (SSSR count). The number of nitrogens with zero attached hydrogens (tertiary/aromatic N) is 1. The second kappa shape index (κ2) is 4.39. The summed E-state index contributed by atoms with van der Waals surface area (Å²) in [6, 6.07) is 2.53. The summed E-state index contributed by atoms with van der Waals surface area (Å²) in [7, 11) is 0. The van der Waals surface area contributed by atoms with Gasteiger partial charge >= 0.3 is 0 Å². The molecule has 1 saturated heterocycles. The molecular formula is C15H24N2O. The zero-order valence-corrected chi connectivity index (χ0v) is 11.5. The normalized spacial score (nSPS) is 31.6. The monoisotopic (exact) mass is 248 g/mol. The molecule has 0 spiro atoms. The minimum Gasteiger partial charge on any atom is -0.373 e. The van der Waals surface area contributed by atoms with Gasteiger partial charge < -0.3 is 15.0 Å². The third kappa shape index (κ3) is 1.99. The second-order valence-corrected chi connectivity index (χ2v) is 6.17. The number of fused-ring (bicyclic) bond motifs is 1. The Morgan fingerprint density at radius 1 is 1.50 bits per heavy atom. The maximum atomic E-state index is 6.23. The number of rotatable bonds is 2. The summed E-state index contributed by atoms with van der Waals surface area (Å²) >= 11 is 0. The van der Waals surface area contributed by atoms with Gasteiger partial charge in [-0.3, -0.25) is 0 Å². The molecule has 0 amide bonds. The lowest BCUT2D eigenvalue weighted by Crippen LogP contribution is -2.31. The average Bonchev–Trinajstić information content (AvgIpc) is 2.88. The van der Waals surface area contributed by atoms with Gasteiger partial charge in [0, 0.05) is 24.0 Å². The van der Waals surface area contributed by atoms with Crippen LogP contribution in [0, 0.1) is 6.92 Å². The van der Waals surface area contributed by atoms with Crippen molar-refractivity contribution >= 4 is 0 Å². The van der Waals surface area contributed by atoms with E-state index >= 15 is 0 Å². The van der Waals surface area contributed by atoms with Gasteiger partial charge in [-0.25, -0.2) is 0 Å². The van der Waals surface area contributed by atoms with E-state index in [4.69, 9.17) is 10.5 Å². The molecule has 3 heteroatoms. The largest absolute Gasteiger partial charge is 0.373 e. The van der Waals surface area contributed by atoms with Gasteiger partial charge in [0.2, 0.25) is 0 Å². The van der Waals surface area contributed by atoms with Crippen molar-refractivity contribution in [2.75, 3.05) is 6.61 Å². The molecule has 2 unspecified atom stereocenters. The predicted octanol–water partition coefficient (Wildman–Crippen LogP) is 2.70. The van der Waals surface area contributed by atoms with E-state index < -0.39 is 0 Å². The lowest BCUT2D eigenvalue weighted by atomic mass is 9.93. The molecule has 2 atom stereocenters. The second-order valence-electron chi connectivity index (χ2n) is 6.17. The van der Waals surface area contributed by atoms with Crippen LogP contribution in [0.25, 0.3) is 0 Å². The van der Waals surface area contributed by atoms with Gasteiger partial charge in [-0.1, -0.05) is 0 Å². The lowest BCUT2D eigenvalue weighted by Gasteiger charge is -2.28. The lowest BCUT2D eigenvalue weighted by molar-refractivity contribution is 0.00526. The van der Waals surface area contributed by atoms with Gasteiger partial charge in [0.05, 0.1) is 12.1 Å². The van der Waals surface area contributed by atoms with Crippen molar-refractivity contribution in [2.45, 2.75) is 64.1 Å². The van der Waals surface area contributed by atoms with Gasteiger partial charge in [-0.15, -0.1) is 0 Å². The molecule has 3 nitrogen and oxygen atoms in total. The van der Waals surface area contributed by atoms with Crippen LogP contribution in [-0.4, -0.2) is 16.8 Å². The van der Waals surface area contributed by atoms with Crippen molar-refractivity contribution < 1.29 is 4.74 Å². The van der Waals surface area contributed by atoms with E-state index in [9.17, 15) is 0 Å². The average molecular weight is 248 g/mol. The van der Waals surface area contributed by atoms with Crippen molar-refractivity contribution in [1.29, 1.82) is 0 Å². The van der Waals surface area contributed by atoms with Crippen molar-refractivity contribution in [3.05, 3.63) is 23.0 Å². The van der Waals surface area contributed by atoms with E-state index in [0.29, 0.717) is 0 Å². The molecule has 1 aromatic heterocycles. The molecule has 0 bridgehead atoms. The minimum atomic E-state index is 0.0269. The van der Waals surface area contributed by atoms with Crippen molar-refractivity contribution in [1.82, 2.24) is 4.57 Å². The van der Waals surface area contributed by atoms with Crippen LogP contribution in [0.5, 0.6) is 0 Å². The topological polar surface area (TPSA) is 40.2 Å². The maximum Gasteiger partial charge on any atom is 0.0833 e. The van der Waals surface area contributed by atoms with Crippen molar-refractivity contribution in [2.24, 2.45) is 5.73 Å². The zero-order chi connectivity index (χ0) is 12.8. The number of nitrogens with two attached hydrogens (primary N) is 1. The van der Waals surface area contributed by atoms with Crippen LogP contribution in [-0.2, 0) is 17.7 Å². The highest BCUT2D eigenvalue weighted by molar-refractivity contribution is 5.32. The first kappa shape index (κ1) is 12.2. The van der Waals surface area contributed by atoms with E-state index in [1.807, 2.05) is 0 Å². The third-order valence-electron chi connectivity index (χ3n) is 4.57. The van der Waals surface area contributed by atoms with Crippen LogP contribution >= 0.6 is 0 Å². The van der Waals surface area contributed by atoms with Crippen LogP contribution in [0.4, 0.5) is 0 Å². The summed E-state index contributed by atoms with van der Waals surface area (Å²) in [5, 5.41) is 0. The fourth-order valence-corrected chi connectivity index (χ4v) is 3.52. The van der Waals surface area contributed by atoms with Gasteiger partial charge in [-0.05, 0) is 57.6 Å². The fourth-order valence-electron chi connectivity index (χ4n) is 3.52. The first-order valence-electron chi connectivity index (χ1n) is 7.17. The van der Waals surface area contributed by atoms with E-state index in [2.05, 4.69) is 24.5 Å². The maximum absolute atomic E-state index is 6.23. The summed E-state index contributed by atoms with van der Waals surface area (Å²) in [4.78, 5) is 0. The molecule has 100 valence electrons. The first-order valence-corrected chi connectivity index (χ1v) is 7.17. The molecule has 2 N–H and O–H groups in total.